The summed E-state index contributed by atoms with van der Waals surface area (Å²) in [6.07, 6.45) is 1.50. The van der Waals surface area contributed by atoms with Gasteiger partial charge in [-0.1, -0.05) is 53.5 Å². The minimum absolute atomic E-state index is 0.0486. The van der Waals surface area contributed by atoms with Crippen LogP contribution in [0.15, 0.2) is 42.5 Å². The van der Waals surface area contributed by atoms with E-state index in [2.05, 4.69) is 5.32 Å². The molecule has 0 heterocycles. The summed E-state index contributed by atoms with van der Waals surface area (Å²) in [7, 11) is 0. The molecule has 5 heteroatoms. The van der Waals surface area contributed by atoms with Crippen molar-refractivity contribution in [2.45, 2.75) is 25.4 Å². The molecule has 0 aromatic heterocycles. The number of aliphatic hydroxyl groups excluding tert-OH is 1. The molecular formula is C17H19Cl2NO2. The standard InChI is InChI=1S/C17H19Cl2NO2/c18-14-9-13(17(22)15(19)10-14)11-20-16(7-4-8-21)12-5-2-1-3-6-12/h1-3,5-6,9-10,16,20-22H,4,7-8,11H2. The Morgan fingerprint density at radius 3 is 2.50 bits per heavy atom. The molecule has 2 aromatic carbocycles. The summed E-state index contributed by atoms with van der Waals surface area (Å²) in [5.41, 5.74) is 1.80. The van der Waals surface area contributed by atoms with Gasteiger partial charge in [0.25, 0.3) is 0 Å². The fourth-order valence-corrected chi connectivity index (χ4v) is 2.89. The van der Waals surface area contributed by atoms with Gasteiger partial charge >= 0.3 is 0 Å². The molecular weight excluding hydrogens is 321 g/mol. The van der Waals surface area contributed by atoms with Gasteiger partial charge in [-0.25, -0.2) is 0 Å². The summed E-state index contributed by atoms with van der Waals surface area (Å²) < 4.78 is 0. The van der Waals surface area contributed by atoms with Crippen molar-refractivity contribution in [3.63, 3.8) is 0 Å². The van der Waals surface area contributed by atoms with Crippen molar-refractivity contribution in [2.24, 2.45) is 0 Å². The van der Waals surface area contributed by atoms with E-state index in [1.54, 1.807) is 6.07 Å². The summed E-state index contributed by atoms with van der Waals surface area (Å²) in [5, 5.41) is 23.2. The Hall–Kier alpha value is -1.26. The SMILES string of the molecule is OCCCC(NCc1cc(Cl)cc(Cl)c1O)c1ccccc1. The predicted molar refractivity (Wildman–Crippen MR) is 90.5 cm³/mol. The topological polar surface area (TPSA) is 52.5 Å². The lowest BCUT2D eigenvalue weighted by Gasteiger charge is -2.19. The first-order valence-electron chi connectivity index (χ1n) is 7.18. The maximum absolute atomic E-state index is 10.0. The molecule has 1 unspecified atom stereocenters. The molecule has 0 amide bonds. The molecule has 0 saturated heterocycles. The van der Waals surface area contributed by atoms with Crippen LogP contribution in [0.5, 0.6) is 5.75 Å². The molecule has 3 nitrogen and oxygen atoms in total. The minimum Gasteiger partial charge on any atom is -0.506 e. The zero-order valence-corrected chi connectivity index (χ0v) is 13.6. The number of nitrogens with one attached hydrogen (secondary N) is 1. The Morgan fingerprint density at radius 1 is 1.09 bits per heavy atom. The van der Waals surface area contributed by atoms with Gasteiger partial charge in [0.1, 0.15) is 5.75 Å². The van der Waals surface area contributed by atoms with Gasteiger partial charge in [-0.05, 0) is 30.5 Å². The monoisotopic (exact) mass is 339 g/mol. The number of halogens is 2. The number of aliphatic hydroxyl groups is 1. The Balaban J connectivity index is 2.11. The van der Waals surface area contributed by atoms with E-state index >= 15 is 0 Å². The van der Waals surface area contributed by atoms with Crippen molar-refractivity contribution < 1.29 is 10.2 Å². The maximum atomic E-state index is 10.0. The van der Waals surface area contributed by atoms with Gasteiger partial charge in [-0.15, -0.1) is 0 Å². The van der Waals surface area contributed by atoms with Crippen LogP contribution in [-0.2, 0) is 6.54 Å². The average Bonchev–Trinajstić information content (AvgIpc) is 2.52. The lowest BCUT2D eigenvalue weighted by Crippen LogP contribution is -2.21. The zero-order valence-electron chi connectivity index (χ0n) is 12.1. The second-order valence-corrected chi connectivity index (χ2v) is 5.95. The van der Waals surface area contributed by atoms with Crippen LogP contribution in [0.3, 0.4) is 0 Å². The van der Waals surface area contributed by atoms with Gasteiger partial charge in [0.05, 0.1) is 5.02 Å². The van der Waals surface area contributed by atoms with Crippen molar-refractivity contribution >= 4 is 23.2 Å². The molecule has 0 fully saturated rings. The molecule has 22 heavy (non-hydrogen) atoms. The van der Waals surface area contributed by atoms with Crippen LogP contribution in [0, 0.1) is 0 Å². The molecule has 0 spiro atoms. The molecule has 0 bridgehead atoms. The third-order valence-electron chi connectivity index (χ3n) is 3.50. The number of phenols is 1. The molecule has 0 aliphatic rings. The van der Waals surface area contributed by atoms with Crippen molar-refractivity contribution in [3.8, 4) is 5.75 Å². The molecule has 118 valence electrons. The lowest BCUT2D eigenvalue weighted by molar-refractivity contribution is 0.274. The van der Waals surface area contributed by atoms with E-state index in [0.29, 0.717) is 23.6 Å². The van der Waals surface area contributed by atoms with E-state index < -0.39 is 0 Å². The van der Waals surface area contributed by atoms with Crippen LogP contribution in [-0.4, -0.2) is 16.8 Å². The predicted octanol–water partition coefficient (Wildman–Crippen LogP) is 4.30. The second-order valence-electron chi connectivity index (χ2n) is 5.11. The first-order valence-corrected chi connectivity index (χ1v) is 7.93. The van der Waals surface area contributed by atoms with Gasteiger partial charge in [-0.2, -0.15) is 0 Å². The third-order valence-corrected chi connectivity index (χ3v) is 4.01. The number of aromatic hydroxyl groups is 1. The summed E-state index contributed by atoms with van der Waals surface area (Å²) in [6, 6.07) is 13.3. The Labute approximate surface area is 140 Å². The first kappa shape index (κ1) is 17.1. The van der Waals surface area contributed by atoms with Crippen LogP contribution in [0.25, 0.3) is 0 Å². The number of benzene rings is 2. The molecule has 0 saturated carbocycles. The first-order chi connectivity index (χ1) is 10.6. The highest BCUT2D eigenvalue weighted by atomic mass is 35.5. The molecule has 0 aliphatic heterocycles. The van der Waals surface area contributed by atoms with Crippen molar-refractivity contribution in [3.05, 3.63) is 63.6 Å². The van der Waals surface area contributed by atoms with E-state index in [1.807, 2.05) is 30.3 Å². The van der Waals surface area contributed by atoms with Crippen LogP contribution < -0.4 is 5.32 Å². The van der Waals surface area contributed by atoms with E-state index in [1.165, 1.54) is 6.07 Å². The smallest absolute Gasteiger partial charge is 0.138 e. The normalized spacial score (nSPS) is 12.3. The largest absolute Gasteiger partial charge is 0.506 e. The summed E-state index contributed by atoms with van der Waals surface area (Å²) >= 11 is 11.9. The van der Waals surface area contributed by atoms with Gasteiger partial charge in [-0.3, -0.25) is 0 Å². The fraction of sp³-hybridized carbons (Fsp3) is 0.294. The molecule has 0 aliphatic carbocycles. The number of hydrogen-bond acceptors (Lipinski definition) is 3. The molecule has 2 aromatic rings. The van der Waals surface area contributed by atoms with E-state index in [9.17, 15) is 5.11 Å². The van der Waals surface area contributed by atoms with E-state index in [4.69, 9.17) is 28.3 Å². The number of rotatable bonds is 7. The van der Waals surface area contributed by atoms with Gasteiger partial charge in [0.2, 0.25) is 0 Å². The quantitative estimate of drug-likeness (QED) is 0.704. The average molecular weight is 340 g/mol. The van der Waals surface area contributed by atoms with Crippen LogP contribution >= 0.6 is 23.2 Å². The van der Waals surface area contributed by atoms with Gasteiger partial charge in [0.15, 0.2) is 0 Å². The van der Waals surface area contributed by atoms with Crippen molar-refractivity contribution in [2.75, 3.05) is 6.61 Å². The van der Waals surface area contributed by atoms with E-state index in [-0.39, 0.29) is 23.4 Å². The van der Waals surface area contributed by atoms with E-state index in [0.717, 1.165) is 12.0 Å². The van der Waals surface area contributed by atoms with Crippen molar-refractivity contribution in [1.82, 2.24) is 5.32 Å². The van der Waals surface area contributed by atoms with Crippen LogP contribution in [0.1, 0.15) is 30.0 Å². The number of phenolic OH excluding ortho intramolecular Hbond substituents is 1. The van der Waals surface area contributed by atoms with Crippen LogP contribution in [0.4, 0.5) is 0 Å². The zero-order chi connectivity index (χ0) is 15.9. The Kier molecular flexibility index (Phi) is 6.52. The minimum atomic E-state index is 0.0486. The summed E-state index contributed by atoms with van der Waals surface area (Å²) in [5.74, 6) is 0.0486. The molecule has 1 atom stereocenters. The highest BCUT2D eigenvalue weighted by Gasteiger charge is 2.13. The molecule has 0 radical (unpaired) electrons. The number of hydrogen-bond donors (Lipinski definition) is 3. The second kappa shape index (κ2) is 8.39. The lowest BCUT2D eigenvalue weighted by atomic mass is 10.0. The highest BCUT2D eigenvalue weighted by Crippen LogP contribution is 2.31. The Morgan fingerprint density at radius 2 is 1.82 bits per heavy atom. The molecule has 2 rings (SSSR count). The Bertz CT molecular complexity index is 605. The van der Waals surface area contributed by atoms with Crippen molar-refractivity contribution in [1.29, 1.82) is 0 Å². The van der Waals surface area contributed by atoms with Gasteiger partial charge in [0, 0.05) is 29.8 Å². The highest BCUT2D eigenvalue weighted by molar-refractivity contribution is 6.35. The summed E-state index contributed by atoms with van der Waals surface area (Å²) in [6.45, 7) is 0.594. The fourth-order valence-electron chi connectivity index (χ4n) is 2.35. The maximum Gasteiger partial charge on any atom is 0.138 e. The third kappa shape index (κ3) is 4.62. The molecule has 3 N–H and O–H groups in total. The summed E-state index contributed by atoms with van der Waals surface area (Å²) in [4.78, 5) is 0. The van der Waals surface area contributed by atoms with Crippen LogP contribution in [0.2, 0.25) is 10.0 Å². The van der Waals surface area contributed by atoms with Gasteiger partial charge < -0.3 is 15.5 Å².